The first-order valence-corrected chi connectivity index (χ1v) is 9.14. The average molecular weight is 251 g/mol. The minimum absolute atomic E-state index is 0.699. The number of nitrogens with zero attached hydrogens (tertiary/aromatic N) is 1. The Kier molecular flexibility index (Phi) is 4.48. The largest absolute Gasteiger partial charge is 0.544 e. The zero-order chi connectivity index (χ0) is 13.1. The third-order valence-electron chi connectivity index (χ3n) is 2.12. The Bertz CT molecular complexity index is 397. The van der Waals surface area contributed by atoms with Crippen LogP contribution in [-0.4, -0.2) is 33.6 Å². The summed E-state index contributed by atoms with van der Waals surface area (Å²) in [5, 5.41) is 0. The molecule has 0 unspecified atom stereocenters. The van der Waals surface area contributed by atoms with E-state index in [2.05, 4.69) is 24.5 Å². The summed E-state index contributed by atoms with van der Waals surface area (Å²) in [6.07, 6.45) is 0.872. The van der Waals surface area contributed by atoms with E-state index in [9.17, 15) is 4.79 Å². The molecule has 0 bridgehead atoms. The maximum absolute atomic E-state index is 10.8. The van der Waals surface area contributed by atoms with Gasteiger partial charge in [0.1, 0.15) is 12.0 Å². The van der Waals surface area contributed by atoms with Crippen LogP contribution in [0.2, 0.25) is 19.6 Å². The number of carbonyl (C=O) groups excluding carboxylic acids is 1. The maximum Gasteiger partial charge on any atom is 0.242 e. The van der Waals surface area contributed by atoms with Gasteiger partial charge in [-0.2, -0.15) is 0 Å². The number of aldehydes is 1. The zero-order valence-electron chi connectivity index (χ0n) is 11.3. The summed E-state index contributed by atoms with van der Waals surface area (Å²) in [5.41, 5.74) is 1.77. The summed E-state index contributed by atoms with van der Waals surface area (Å²) in [6.45, 7) is 7.24. The molecule has 0 fully saturated rings. The first-order valence-electron chi connectivity index (χ1n) is 5.73. The van der Waals surface area contributed by atoms with Gasteiger partial charge in [0.2, 0.25) is 8.32 Å². The molecule has 17 heavy (non-hydrogen) atoms. The summed E-state index contributed by atoms with van der Waals surface area (Å²) >= 11 is 0. The van der Waals surface area contributed by atoms with Crippen molar-refractivity contribution in [2.45, 2.75) is 26.2 Å². The second-order valence-corrected chi connectivity index (χ2v) is 9.87. The molecule has 4 heteroatoms. The van der Waals surface area contributed by atoms with E-state index in [-0.39, 0.29) is 0 Å². The van der Waals surface area contributed by atoms with E-state index in [0.717, 1.165) is 24.1 Å². The van der Waals surface area contributed by atoms with Crippen molar-refractivity contribution >= 4 is 14.6 Å². The van der Waals surface area contributed by atoms with Gasteiger partial charge in [0, 0.05) is 17.7 Å². The molecule has 1 rings (SSSR count). The Balaban J connectivity index is 3.06. The molecule has 94 valence electrons. The minimum Gasteiger partial charge on any atom is -0.544 e. The highest BCUT2D eigenvalue weighted by molar-refractivity contribution is 6.70. The fraction of sp³-hybridized carbons (Fsp3) is 0.462. The highest BCUT2D eigenvalue weighted by atomic mass is 28.4. The molecule has 1 aromatic carbocycles. The number of hydrogen-bond acceptors (Lipinski definition) is 3. The summed E-state index contributed by atoms with van der Waals surface area (Å²) in [4.78, 5) is 12.9. The van der Waals surface area contributed by atoms with Crippen molar-refractivity contribution in [1.29, 1.82) is 0 Å². The van der Waals surface area contributed by atoms with E-state index in [0.29, 0.717) is 5.56 Å². The van der Waals surface area contributed by atoms with Gasteiger partial charge in [0.05, 0.1) is 0 Å². The standard InChI is InChI=1S/C13H21NO2Si/c1-14(2)9-12-8-11(10-15)6-7-13(12)16-17(3,4)5/h6-8,10H,9H2,1-5H3. The van der Waals surface area contributed by atoms with Crippen LogP contribution in [0.15, 0.2) is 18.2 Å². The topological polar surface area (TPSA) is 29.5 Å². The quantitative estimate of drug-likeness (QED) is 0.595. The Labute approximate surface area is 105 Å². The lowest BCUT2D eigenvalue weighted by molar-refractivity contribution is 0.112. The van der Waals surface area contributed by atoms with Crippen molar-refractivity contribution in [3.8, 4) is 5.75 Å². The van der Waals surface area contributed by atoms with Gasteiger partial charge in [-0.05, 0) is 51.9 Å². The molecule has 0 amide bonds. The van der Waals surface area contributed by atoms with Crippen molar-refractivity contribution in [3.63, 3.8) is 0 Å². The van der Waals surface area contributed by atoms with Gasteiger partial charge in [0.15, 0.2) is 0 Å². The third kappa shape index (κ3) is 4.71. The highest BCUT2D eigenvalue weighted by Crippen LogP contribution is 2.24. The van der Waals surface area contributed by atoms with Crippen LogP contribution in [0.25, 0.3) is 0 Å². The van der Waals surface area contributed by atoms with Gasteiger partial charge in [-0.1, -0.05) is 0 Å². The molecule has 0 heterocycles. The van der Waals surface area contributed by atoms with E-state index < -0.39 is 8.32 Å². The summed E-state index contributed by atoms with van der Waals surface area (Å²) < 4.78 is 6.03. The van der Waals surface area contributed by atoms with Crippen LogP contribution in [-0.2, 0) is 6.54 Å². The normalized spacial score (nSPS) is 11.6. The van der Waals surface area contributed by atoms with Crippen LogP contribution < -0.4 is 4.43 Å². The number of rotatable bonds is 5. The van der Waals surface area contributed by atoms with Crippen LogP contribution in [0.1, 0.15) is 15.9 Å². The molecule has 0 aliphatic heterocycles. The second kappa shape index (κ2) is 5.47. The Morgan fingerprint density at radius 2 is 1.94 bits per heavy atom. The van der Waals surface area contributed by atoms with Crippen molar-refractivity contribution in [2.75, 3.05) is 14.1 Å². The van der Waals surface area contributed by atoms with E-state index in [1.807, 2.05) is 32.3 Å². The fourth-order valence-corrected chi connectivity index (χ4v) is 2.43. The maximum atomic E-state index is 10.8. The molecule has 0 atom stereocenters. The van der Waals surface area contributed by atoms with E-state index in [4.69, 9.17) is 4.43 Å². The molecule has 0 saturated heterocycles. The van der Waals surface area contributed by atoms with Gasteiger partial charge in [-0.3, -0.25) is 4.79 Å². The zero-order valence-corrected chi connectivity index (χ0v) is 12.3. The predicted molar refractivity (Wildman–Crippen MR) is 73.2 cm³/mol. The summed E-state index contributed by atoms with van der Waals surface area (Å²) in [5.74, 6) is 0.906. The summed E-state index contributed by atoms with van der Waals surface area (Å²) in [7, 11) is 2.40. The van der Waals surface area contributed by atoms with Gasteiger partial charge < -0.3 is 9.33 Å². The first kappa shape index (κ1) is 13.9. The first-order chi connectivity index (χ1) is 7.81. The highest BCUT2D eigenvalue weighted by Gasteiger charge is 2.18. The molecule has 0 aliphatic rings. The third-order valence-corrected chi connectivity index (χ3v) is 2.96. The van der Waals surface area contributed by atoms with E-state index >= 15 is 0 Å². The molecule has 1 aromatic rings. The molecule has 0 N–H and O–H groups in total. The predicted octanol–water partition coefficient (Wildman–Crippen LogP) is 2.77. The lowest BCUT2D eigenvalue weighted by atomic mass is 10.1. The lowest BCUT2D eigenvalue weighted by Gasteiger charge is -2.23. The van der Waals surface area contributed by atoms with Crippen LogP contribution >= 0.6 is 0 Å². The lowest BCUT2D eigenvalue weighted by Crippen LogP contribution is -2.30. The number of carbonyl (C=O) groups is 1. The Hall–Kier alpha value is -1.13. The summed E-state index contributed by atoms with van der Waals surface area (Å²) in [6, 6.07) is 5.62. The van der Waals surface area contributed by atoms with Crippen LogP contribution in [0.5, 0.6) is 5.75 Å². The number of hydrogen-bond donors (Lipinski definition) is 0. The van der Waals surface area contributed by atoms with Crippen LogP contribution in [0.4, 0.5) is 0 Å². The SMILES string of the molecule is CN(C)Cc1cc(C=O)ccc1O[Si](C)(C)C. The molecule has 0 radical (unpaired) electrons. The van der Waals surface area contributed by atoms with Gasteiger partial charge in [0.25, 0.3) is 0 Å². The van der Waals surface area contributed by atoms with Crippen molar-refractivity contribution in [2.24, 2.45) is 0 Å². The minimum atomic E-state index is -1.61. The monoisotopic (exact) mass is 251 g/mol. The molecule has 0 saturated carbocycles. The Morgan fingerprint density at radius 3 is 2.41 bits per heavy atom. The van der Waals surface area contributed by atoms with Crippen molar-refractivity contribution in [1.82, 2.24) is 4.90 Å². The van der Waals surface area contributed by atoms with Gasteiger partial charge >= 0.3 is 0 Å². The van der Waals surface area contributed by atoms with Crippen LogP contribution in [0.3, 0.4) is 0 Å². The molecule has 3 nitrogen and oxygen atoms in total. The number of benzene rings is 1. The average Bonchev–Trinajstić information content (AvgIpc) is 2.17. The van der Waals surface area contributed by atoms with Crippen molar-refractivity contribution in [3.05, 3.63) is 29.3 Å². The van der Waals surface area contributed by atoms with Crippen molar-refractivity contribution < 1.29 is 9.22 Å². The van der Waals surface area contributed by atoms with E-state index in [1.54, 1.807) is 0 Å². The van der Waals surface area contributed by atoms with E-state index in [1.165, 1.54) is 0 Å². The van der Waals surface area contributed by atoms with Crippen LogP contribution in [0, 0.1) is 0 Å². The molecule has 0 aliphatic carbocycles. The Morgan fingerprint density at radius 1 is 1.29 bits per heavy atom. The smallest absolute Gasteiger partial charge is 0.242 e. The molecular formula is C13H21NO2Si. The second-order valence-electron chi connectivity index (χ2n) is 5.44. The van der Waals surface area contributed by atoms with Gasteiger partial charge in [-0.15, -0.1) is 0 Å². The fourth-order valence-electron chi connectivity index (χ4n) is 1.57. The molecule has 0 spiro atoms. The molecular weight excluding hydrogens is 230 g/mol. The van der Waals surface area contributed by atoms with Gasteiger partial charge in [-0.25, -0.2) is 0 Å². The molecule has 0 aromatic heterocycles.